The number of aryl methyl sites for hydroxylation is 1. The second-order valence-corrected chi connectivity index (χ2v) is 11.3. The van der Waals surface area contributed by atoms with Crippen molar-refractivity contribution >= 4 is 46.1 Å². The van der Waals surface area contributed by atoms with E-state index in [4.69, 9.17) is 17.3 Å². The van der Waals surface area contributed by atoms with Crippen molar-refractivity contribution in [1.29, 1.82) is 0 Å². The van der Waals surface area contributed by atoms with Crippen LogP contribution < -0.4 is 19.8 Å². The number of nitrogens with two attached hydrogens (primary N) is 1. The second-order valence-electron chi connectivity index (χ2n) is 9.91. The number of hydrogen-bond donors (Lipinski definition) is 2. The van der Waals surface area contributed by atoms with E-state index in [1.165, 1.54) is 25.2 Å². The lowest BCUT2D eigenvalue weighted by molar-refractivity contribution is -0.141. The minimum Gasteiger partial charge on any atom is -0.369 e. The fourth-order valence-corrected chi connectivity index (χ4v) is 5.56. The van der Waals surface area contributed by atoms with E-state index in [0.717, 1.165) is 16.4 Å². The molecule has 1 fully saturated rings. The molecule has 0 bridgehead atoms. The highest BCUT2D eigenvalue weighted by Gasteiger charge is 2.35. The van der Waals surface area contributed by atoms with E-state index in [1.807, 2.05) is 11.8 Å². The Balaban J connectivity index is 1.60. The number of aromatic nitrogens is 2. The first kappa shape index (κ1) is 31.4. The lowest BCUT2D eigenvalue weighted by atomic mass is 9.91. The molecule has 3 aromatic rings. The first-order valence-corrected chi connectivity index (χ1v) is 14.3. The Kier molecular flexibility index (Phi) is 9.58. The number of rotatable bonds is 9. The van der Waals surface area contributed by atoms with Crippen molar-refractivity contribution in [2.45, 2.75) is 37.9 Å². The molecule has 9 nitrogen and oxygen atoms in total. The molecule has 1 aliphatic rings. The zero-order valence-corrected chi connectivity index (χ0v) is 24.3. The van der Waals surface area contributed by atoms with Crippen LogP contribution in [-0.4, -0.2) is 57.4 Å². The summed E-state index contributed by atoms with van der Waals surface area (Å²) < 4.78 is 77.1. The Bertz CT molecular complexity index is 1480. The number of amides is 1. The number of primary amides is 1. The Morgan fingerprint density at radius 1 is 1.24 bits per heavy atom. The fraction of sp³-hybridized carbons (Fsp3) is 0.370. The molecule has 1 aromatic carbocycles. The summed E-state index contributed by atoms with van der Waals surface area (Å²) in [7, 11) is 1.23. The summed E-state index contributed by atoms with van der Waals surface area (Å²) in [5.74, 6) is -1.84. The van der Waals surface area contributed by atoms with E-state index in [9.17, 15) is 31.1 Å². The van der Waals surface area contributed by atoms with Gasteiger partial charge in [-0.2, -0.15) is 13.2 Å². The van der Waals surface area contributed by atoms with Crippen LogP contribution in [0.3, 0.4) is 0 Å². The molecule has 3 unspecified atom stereocenters. The van der Waals surface area contributed by atoms with E-state index in [-0.39, 0.29) is 36.0 Å². The zero-order chi connectivity index (χ0) is 30.8. The van der Waals surface area contributed by atoms with Gasteiger partial charge in [0.25, 0.3) is 11.3 Å². The van der Waals surface area contributed by atoms with Crippen LogP contribution in [-0.2, 0) is 28.7 Å². The molecule has 3 N–H and O–H groups in total. The zero-order valence-electron chi connectivity index (χ0n) is 22.7. The van der Waals surface area contributed by atoms with Crippen LogP contribution >= 0.6 is 11.6 Å². The number of pyridine rings is 2. The van der Waals surface area contributed by atoms with Gasteiger partial charge in [0, 0.05) is 38.9 Å². The van der Waals surface area contributed by atoms with Crippen molar-refractivity contribution in [1.82, 2.24) is 9.97 Å². The topological polar surface area (TPSA) is 116 Å². The van der Waals surface area contributed by atoms with Crippen molar-refractivity contribution < 1.29 is 31.1 Å². The van der Waals surface area contributed by atoms with E-state index < -0.39 is 40.8 Å². The molecule has 0 radical (unpaired) electrons. The Labute approximate surface area is 247 Å². The lowest BCUT2D eigenvalue weighted by Crippen LogP contribution is -2.53. The number of anilines is 3. The molecule has 1 saturated heterocycles. The molecule has 3 heterocycles. The van der Waals surface area contributed by atoms with Crippen LogP contribution in [0.2, 0.25) is 5.02 Å². The third-order valence-electron chi connectivity index (χ3n) is 7.18. The van der Waals surface area contributed by atoms with Crippen LogP contribution in [0, 0.1) is 5.82 Å². The molecule has 2 aromatic heterocycles. The molecule has 42 heavy (non-hydrogen) atoms. The third kappa shape index (κ3) is 6.93. The maximum Gasteiger partial charge on any atom is 0.433 e. The number of alkyl halides is 3. The molecule has 3 atom stereocenters. The maximum absolute atomic E-state index is 14.8. The average Bonchev–Trinajstić information content (AvgIpc) is 2.92. The highest BCUT2D eigenvalue weighted by atomic mass is 35.5. The van der Waals surface area contributed by atoms with Gasteiger partial charge in [-0.1, -0.05) is 23.7 Å². The van der Waals surface area contributed by atoms with Crippen LogP contribution in [0.15, 0.2) is 48.7 Å². The number of nitrogens with zero attached hydrogens (tertiary/aromatic N) is 5. The van der Waals surface area contributed by atoms with Gasteiger partial charge in [-0.05, 0) is 61.2 Å². The Morgan fingerprint density at radius 2 is 1.98 bits per heavy atom. The predicted molar refractivity (Wildman–Crippen MR) is 153 cm³/mol. The molecule has 0 aliphatic carbocycles. The quantitative estimate of drug-likeness (QED) is 0.259. The Hall–Kier alpha value is -3.49. The fourth-order valence-electron chi connectivity index (χ4n) is 5.01. The van der Waals surface area contributed by atoms with Gasteiger partial charge in [-0.3, -0.25) is 13.7 Å². The molecule has 1 amide bonds. The SMILES string of the molecule is CC1CN(c2ncccc2Cl)CCN1c1nc(C(F)(F)F)ccc1CCC(C(N)=O)c1ccc(N(C)S(=O)O)c(F)c1. The van der Waals surface area contributed by atoms with Crippen LogP contribution in [0.25, 0.3) is 0 Å². The maximum atomic E-state index is 14.8. The number of piperazine rings is 1. The standard InChI is InChI=1S/C27H29ClF4N6O3S/c1-16-15-37(26-20(28)4-3-11-34-26)12-13-38(16)25-17(7-10-23(35-25)27(30,31)32)5-8-19(24(33)39)18-6-9-22(21(29)14-18)36(2)42(40)41/h3-4,6-7,9-11,14,16,19H,5,8,12-13,15H2,1-2H3,(H2,33,39)(H,40,41). The van der Waals surface area contributed by atoms with Crippen LogP contribution in [0.4, 0.5) is 34.9 Å². The second kappa shape index (κ2) is 12.8. The summed E-state index contributed by atoms with van der Waals surface area (Å²) in [6.45, 7) is 3.06. The third-order valence-corrected chi connectivity index (χ3v) is 8.14. The van der Waals surface area contributed by atoms with E-state index in [0.29, 0.717) is 36.0 Å². The summed E-state index contributed by atoms with van der Waals surface area (Å²) in [6, 6.07) is 9.13. The predicted octanol–water partition coefficient (Wildman–Crippen LogP) is 4.78. The van der Waals surface area contributed by atoms with Gasteiger partial charge in [0.05, 0.1) is 16.6 Å². The minimum absolute atomic E-state index is 0.0633. The van der Waals surface area contributed by atoms with E-state index >= 15 is 0 Å². The van der Waals surface area contributed by atoms with Crippen LogP contribution in [0.5, 0.6) is 0 Å². The van der Waals surface area contributed by atoms with Gasteiger partial charge in [0.15, 0.2) is 0 Å². The first-order valence-electron chi connectivity index (χ1n) is 12.9. The molecule has 226 valence electrons. The van der Waals surface area contributed by atoms with E-state index in [1.54, 1.807) is 23.2 Å². The van der Waals surface area contributed by atoms with Gasteiger partial charge >= 0.3 is 6.18 Å². The number of halogens is 5. The molecule has 0 spiro atoms. The van der Waals surface area contributed by atoms with Gasteiger partial charge in [-0.15, -0.1) is 0 Å². The number of carbonyl (C=O) groups is 1. The first-order chi connectivity index (χ1) is 19.8. The van der Waals surface area contributed by atoms with Gasteiger partial charge in [0.1, 0.15) is 23.1 Å². The van der Waals surface area contributed by atoms with Crippen molar-refractivity contribution in [2.24, 2.45) is 5.73 Å². The highest BCUT2D eigenvalue weighted by Crippen LogP contribution is 2.35. The summed E-state index contributed by atoms with van der Waals surface area (Å²) in [6.07, 6.45) is -2.86. The highest BCUT2D eigenvalue weighted by molar-refractivity contribution is 7.80. The normalized spacial score (nSPS) is 17.2. The number of carbonyl (C=O) groups excluding carboxylic acids is 1. The molecule has 0 saturated carbocycles. The van der Waals surface area contributed by atoms with E-state index in [2.05, 4.69) is 9.97 Å². The smallest absolute Gasteiger partial charge is 0.369 e. The lowest BCUT2D eigenvalue weighted by Gasteiger charge is -2.42. The summed E-state index contributed by atoms with van der Waals surface area (Å²) in [5, 5.41) is 0.467. The minimum atomic E-state index is -4.67. The number of benzene rings is 1. The summed E-state index contributed by atoms with van der Waals surface area (Å²) in [4.78, 5) is 24.5. The summed E-state index contributed by atoms with van der Waals surface area (Å²) in [5.41, 5.74) is 5.14. The molecular formula is C27H29ClF4N6O3S. The molecular weight excluding hydrogens is 600 g/mol. The van der Waals surface area contributed by atoms with Gasteiger partial charge in [0.2, 0.25) is 5.91 Å². The average molecular weight is 629 g/mol. The van der Waals surface area contributed by atoms with Crippen molar-refractivity contribution in [2.75, 3.05) is 40.8 Å². The largest absolute Gasteiger partial charge is 0.433 e. The molecule has 4 rings (SSSR count). The number of hydrogen-bond acceptors (Lipinski definition) is 6. The van der Waals surface area contributed by atoms with Crippen molar-refractivity contribution in [3.8, 4) is 0 Å². The monoisotopic (exact) mass is 628 g/mol. The summed E-state index contributed by atoms with van der Waals surface area (Å²) >= 11 is 3.85. The van der Waals surface area contributed by atoms with Crippen LogP contribution in [0.1, 0.15) is 36.1 Å². The van der Waals surface area contributed by atoms with Crippen molar-refractivity contribution in [3.63, 3.8) is 0 Å². The molecule has 15 heteroatoms. The Morgan fingerprint density at radius 3 is 2.57 bits per heavy atom. The van der Waals surface area contributed by atoms with Gasteiger partial charge in [-0.25, -0.2) is 18.6 Å². The molecule has 1 aliphatic heterocycles. The van der Waals surface area contributed by atoms with Crippen molar-refractivity contribution in [3.05, 3.63) is 76.3 Å². The van der Waals surface area contributed by atoms with Gasteiger partial charge < -0.3 is 15.5 Å².